The minimum Gasteiger partial charge on any atom is -0.379 e. The quantitative estimate of drug-likeness (QED) is 0.773. The molecular weight excluding hydrogens is 344 g/mol. The second kappa shape index (κ2) is 8.63. The molecule has 0 saturated carbocycles. The van der Waals surface area contributed by atoms with E-state index in [2.05, 4.69) is 27.2 Å². The van der Waals surface area contributed by atoms with Crippen LogP contribution in [0.25, 0.3) is 0 Å². The lowest BCUT2D eigenvalue weighted by atomic mass is 9.97. The maximum atomic E-state index is 12.3. The fraction of sp³-hybridized carbons (Fsp3) is 0.550. The SMILES string of the molecule is O=C1CC[C@@H](c2nc(CN3CCOCC3)no2)CN1CCc1ccccc1. The first-order valence-electron chi connectivity index (χ1n) is 9.72. The number of carbonyl (C=O) groups excluding carboxylic acids is 1. The number of aromatic nitrogens is 2. The van der Waals surface area contributed by atoms with Crippen LogP contribution < -0.4 is 0 Å². The van der Waals surface area contributed by atoms with Crippen LogP contribution in [0.5, 0.6) is 0 Å². The van der Waals surface area contributed by atoms with Gasteiger partial charge in [0.15, 0.2) is 5.82 Å². The minimum absolute atomic E-state index is 0.129. The molecule has 1 aromatic carbocycles. The van der Waals surface area contributed by atoms with E-state index in [1.807, 2.05) is 23.1 Å². The fourth-order valence-electron chi connectivity index (χ4n) is 3.70. The highest BCUT2D eigenvalue weighted by atomic mass is 16.5. The number of carbonyl (C=O) groups is 1. The Bertz CT molecular complexity index is 743. The van der Waals surface area contributed by atoms with E-state index in [-0.39, 0.29) is 11.8 Å². The van der Waals surface area contributed by atoms with Gasteiger partial charge in [-0.15, -0.1) is 0 Å². The van der Waals surface area contributed by atoms with Gasteiger partial charge in [0.05, 0.1) is 25.7 Å². The molecule has 3 heterocycles. The van der Waals surface area contributed by atoms with E-state index in [0.29, 0.717) is 25.4 Å². The van der Waals surface area contributed by atoms with Crippen molar-refractivity contribution in [3.8, 4) is 0 Å². The first-order valence-corrected chi connectivity index (χ1v) is 9.72. The summed E-state index contributed by atoms with van der Waals surface area (Å²) in [4.78, 5) is 21.1. The Labute approximate surface area is 159 Å². The van der Waals surface area contributed by atoms with Crippen molar-refractivity contribution in [1.82, 2.24) is 19.9 Å². The smallest absolute Gasteiger partial charge is 0.231 e. The lowest BCUT2D eigenvalue weighted by Gasteiger charge is -2.31. The van der Waals surface area contributed by atoms with Gasteiger partial charge in [-0.05, 0) is 18.4 Å². The Morgan fingerprint density at radius 3 is 2.78 bits per heavy atom. The zero-order valence-corrected chi connectivity index (χ0v) is 15.5. The van der Waals surface area contributed by atoms with Crippen LogP contribution in [0.2, 0.25) is 0 Å². The van der Waals surface area contributed by atoms with Crippen molar-refractivity contribution in [1.29, 1.82) is 0 Å². The molecule has 0 aliphatic carbocycles. The molecule has 7 nitrogen and oxygen atoms in total. The average molecular weight is 370 g/mol. The van der Waals surface area contributed by atoms with Crippen molar-refractivity contribution in [2.24, 2.45) is 0 Å². The number of hydrogen-bond donors (Lipinski definition) is 0. The Morgan fingerprint density at radius 2 is 1.96 bits per heavy atom. The molecule has 0 unspecified atom stereocenters. The highest BCUT2D eigenvalue weighted by molar-refractivity contribution is 5.77. The Hall–Kier alpha value is -2.25. The standard InChI is InChI=1S/C20H26N4O3/c25-19-7-6-17(14-24(19)9-8-16-4-2-1-3-5-16)20-21-18(22-27-20)15-23-10-12-26-13-11-23/h1-5,17H,6-15H2/t17-/m1/s1. The fourth-order valence-corrected chi connectivity index (χ4v) is 3.70. The van der Waals surface area contributed by atoms with E-state index in [9.17, 15) is 4.79 Å². The Balaban J connectivity index is 1.34. The first kappa shape index (κ1) is 18.1. The van der Waals surface area contributed by atoms with Crippen LogP contribution in [-0.4, -0.2) is 65.2 Å². The summed E-state index contributed by atoms with van der Waals surface area (Å²) in [6, 6.07) is 10.3. The number of amides is 1. The van der Waals surface area contributed by atoms with Gasteiger partial charge in [-0.25, -0.2) is 0 Å². The van der Waals surface area contributed by atoms with E-state index in [1.165, 1.54) is 5.56 Å². The minimum atomic E-state index is 0.129. The lowest BCUT2D eigenvalue weighted by Crippen LogP contribution is -2.40. The van der Waals surface area contributed by atoms with Crippen molar-refractivity contribution in [3.05, 3.63) is 47.6 Å². The summed E-state index contributed by atoms with van der Waals surface area (Å²) in [6.07, 6.45) is 2.19. The van der Waals surface area contributed by atoms with Crippen LogP contribution in [0.15, 0.2) is 34.9 Å². The molecule has 0 spiro atoms. The molecule has 27 heavy (non-hydrogen) atoms. The molecule has 7 heteroatoms. The summed E-state index contributed by atoms with van der Waals surface area (Å²) in [7, 11) is 0. The molecule has 2 fully saturated rings. The molecule has 0 bridgehead atoms. The number of nitrogens with zero attached hydrogens (tertiary/aromatic N) is 4. The molecule has 2 aromatic rings. The van der Waals surface area contributed by atoms with Gasteiger partial charge in [-0.3, -0.25) is 9.69 Å². The van der Waals surface area contributed by atoms with Crippen molar-refractivity contribution in [2.45, 2.75) is 31.7 Å². The number of rotatable bonds is 6. The third-order valence-corrected chi connectivity index (χ3v) is 5.32. The Morgan fingerprint density at radius 1 is 1.15 bits per heavy atom. The van der Waals surface area contributed by atoms with Gasteiger partial charge < -0.3 is 14.2 Å². The molecule has 0 N–H and O–H groups in total. The number of likely N-dealkylation sites (tertiary alicyclic amines) is 1. The van der Waals surface area contributed by atoms with Gasteiger partial charge >= 0.3 is 0 Å². The van der Waals surface area contributed by atoms with Crippen molar-refractivity contribution in [2.75, 3.05) is 39.4 Å². The topological polar surface area (TPSA) is 71.7 Å². The van der Waals surface area contributed by atoms with Crippen LogP contribution in [0.3, 0.4) is 0 Å². The predicted molar refractivity (Wildman–Crippen MR) is 99.1 cm³/mol. The summed E-state index contributed by atoms with van der Waals surface area (Å²) in [5.41, 5.74) is 1.25. The van der Waals surface area contributed by atoms with Gasteiger partial charge in [0.25, 0.3) is 0 Å². The van der Waals surface area contributed by atoms with Crippen molar-refractivity contribution < 1.29 is 14.1 Å². The normalized spacial score (nSPS) is 21.6. The van der Waals surface area contributed by atoms with E-state index >= 15 is 0 Å². The number of hydrogen-bond acceptors (Lipinski definition) is 6. The summed E-state index contributed by atoms with van der Waals surface area (Å²) in [6.45, 7) is 5.39. The summed E-state index contributed by atoms with van der Waals surface area (Å²) >= 11 is 0. The van der Waals surface area contributed by atoms with Crippen molar-refractivity contribution in [3.63, 3.8) is 0 Å². The predicted octanol–water partition coefficient (Wildman–Crippen LogP) is 1.85. The number of piperidine rings is 1. The van der Waals surface area contributed by atoms with Crippen LogP contribution in [0, 0.1) is 0 Å². The zero-order valence-electron chi connectivity index (χ0n) is 15.5. The lowest BCUT2D eigenvalue weighted by molar-refractivity contribution is -0.133. The molecular formula is C20H26N4O3. The van der Waals surface area contributed by atoms with Gasteiger partial charge in [0, 0.05) is 32.6 Å². The largest absolute Gasteiger partial charge is 0.379 e. The highest BCUT2D eigenvalue weighted by Crippen LogP contribution is 2.26. The van der Waals surface area contributed by atoms with Crippen LogP contribution in [-0.2, 0) is 22.5 Å². The average Bonchev–Trinajstić information content (AvgIpc) is 3.17. The van der Waals surface area contributed by atoms with E-state index < -0.39 is 0 Å². The number of ether oxygens (including phenoxy) is 1. The third-order valence-electron chi connectivity index (χ3n) is 5.32. The maximum absolute atomic E-state index is 12.3. The van der Waals surface area contributed by atoms with Crippen LogP contribution in [0.4, 0.5) is 0 Å². The second-order valence-corrected chi connectivity index (χ2v) is 7.25. The van der Waals surface area contributed by atoms with Gasteiger partial charge in [0.1, 0.15) is 0 Å². The summed E-state index contributed by atoms with van der Waals surface area (Å²) in [5.74, 6) is 1.73. The van der Waals surface area contributed by atoms with Crippen molar-refractivity contribution >= 4 is 5.91 Å². The molecule has 2 aliphatic rings. The molecule has 1 atom stereocenters. The zero-order chi connectivity index (χ0) is 18.5. The Kier molecular flexibility index (Phi) is 5.79. The molecule has 1 amide bonds. The maximum Gasteiger partial charge on any atom is 0.231 e. The highest BCUT2D eigenvalue weighted by Gasteiger charge is 2.30. The van der Waals surface area contributed by atoms with Gasteiger partial charge in [-0.2, -0.15) is 4.98 Å². The molecule has 2 aliphatic heterocycles. The summed E-state index contributed by atoms with van der Waals surface area (Å²) in [5, 5.41) is 4.15. The van der Waals surface area contributed by atoms with E-state index in [1.54, 1.807) is 0 Å². The monoisotopic (exact) mass is 370 g/mol. The molecule has 0 radical (unpaired) electrons. The first-order chi connectivity index (χ1) is 13.3. The molecule has 1 aromatic heterocycles. The molecule has 4 rings (SSSR count). The summed E-state index contributed by atoms with van der Waals surface area (Å²) < 4.78 is 10.9. The van der Waals surface area contributed by atoms with Gasteiger partial charge in [0.2, 0.25) is 11.8 Å². The van der Waals surface area contributed by atoms with E-state index in [4.69, 9.17) is 9.26 Å². The molecule has 2 saturated heterocycles. The third kappa shape index (κ3) is 4.73. The molecule has 144 valence electrons. The van der Waals surface area contributed by atoms with Gasteiger partial charge in [-0.1, -0.05) is 35.5 Å². The van der Waals surface area contributed by atoms with Crippen LogP contribution in [0.1, 0.15) is 36.0 Å². The van der Waals surface area contributed by atoms with Crippen LogP contribution >= 0.6 is 0 Å². The second-order valence-electron chi connectivity index (χ2n) is 7.25. The number of benzene rings is 1. The number of morpholine rings is 1. The van der Waals surface area contributed by atoms with E-state index in [0.717, 1.165) is 51.5 Å².